The predicted molar refractivity (Wildman–Crippen MR) is 61.8 cm³/mol. The van der Waals surface area contributed by atoms with Gasteiger partial charge in [-0.15, -0.1) is 0 Å². The fourth-order valence-electron chi connectivity index (χ4n) is 1.72. The number of rotatable bonds is 3. The van der Waals surface area contributed by atoms with E-state index >= 15 is 0 Å². The number of fused-ring (bicyclic) bond motifs is 1. The predicted octanol–water partition coefficient (Wildman–Crippen LogP) is 3.64. The SMILES string of the molecule is COc1c(CP=O)ccc2ccccc12. The molecule has 0 spiro atoms. The lowest BCUT2D eigenvalue weighted by Crippen LogP contribution is -1.90. The first kappa shape index (κ1) is 10.1. The van der Waals surface area contributed by atoms with E-state index in [0.29, 0.717) is 6.16 Å². The van der Waals surface area contributed by atoms with Gasteiger partial charge < -0.3 is 4.74 Å². The zero-order chi connectivity index (χ0) is 10.7. The lowest BCUT2D eigenvalue weighted by molar-refractivity contribution is 0.416. The number of hydrogen-bond acceptors (Lipinski definition) is 2. The van der Waals surface area contributed by atoms with Crippen LogP contribution in [-0.2, 0) is 10.7 Å². The smallest absolute Gasteiger partial charge is 0.160 e. The summed E-state index contributed by atoms with van der Waals surface area (Å²) in [7, 11) is 1.77. The molecule has 0 amide bonds. The van der Waals surface area contributed by atoms with Crippen molar-refractivity contribution in [2.45, 2.75) is 6.16 Å². The summed E-state index contributed by atoms with van der Waals surface area (Å²) in [6.45, 7) is 0. The third-order valence-corrected chi connectivity index (χ3v) is 2.87. The van der Waals surface area contributed by atoms with Crippen molar-refractivity contribution in [2.24, 2.45) is 0 Å². The van der Waals surface area contributed by atoms with Crippen LogP contribution >= 0.6 is 8.46 Å². The van der Waals surface area contributed by atoms with E-state index in [0.717, 1.165) is 22.1 Å². The number of benzene rings is 2. The van der Waals surface area contributed by atoms with E-state index in [1.807, 2.05) is 36.4 Å². The summed E-state index contributed by atoms with van der Waals surface area (Å²) in [5, 5.41) is 2.21. The molecule has 0 aromatic heterocycles. The average molecular weight is 218 g/mol. The van der Waals surface area contributed by atoms with E-state index in [9.17, 15) is 4.57 Å². The fraction of sp³-hybridized carbons (Fsp3) is 0.167. The lowest BCUT2D eigenvalue weighted by Gasteiger charge is -2.09. The van der Waals surface area contributed by atoms with Crippen LogP contribution in [0.2, 0.25) is 0 Å². The normalized spacial score (nSPS) is 10.7. The molecular formula is C12H11O2P. The maximum Gasteiger partial charge on any atom is 0.160 e. The molecule has 0 heterocycles. The molecule has 0 N–H and O–H groups in total. The van der Waals surface area contributed by atoms with Gasteiger partial charge in [0.15, 0.2) is 8.46 Å². The summed E-state index contributed by atoms with van der Waals surface area (Å²) >= 11 is 0. The van der Waals surface area contributed by atoms with Crippen molar-refractivity contribution in [3.63, 3.8) is 0 Å². The van der Waals surface area contributed by atoms with Gasteiger partial charge in [-0.3, -0.25) is 4.57 Å². The molecular weight excluding hydrogens is 207 g/mol. The van der Waals surface area contributed by atoms with Crippen molar-refractivity contribution in [2.75, 3.05) is 7.11 Å². The van der Waals surface area contributed by atoms with Crippen LogP contribution < -0.4 is 4.74 Å². The molecule has 3 heteroatoms. The molecule has 2 aromatic carbocycles. The highest BCUT2D eigenvalue weighted by Gasteiger charge is 2.07. The fourth-order valence-corrected chi connectivity index (χ4v) is 2.11. The van der Waals surface area contributed by atoms with Gasteiger partial charge in [-0.2, -0.15) is 0 Å². The first-order chi connectivity index (χ1) is 7.36. The Kier molecular flexibility index (Phi) is 2.98. The van der Waals surface area contributed by atoms with Crippen molar-refractivity contribution >= 4 is 19.2 Å². The van der Waals surface area contributed by atoms with Crippen molar-refractivity contribution in [1.29, 1.82) is 0 Å². The third-order valence-electron chi connectivity index (χ3n) is 2.40. The molecule has 2 nitrogen and oxygen atoms in total. The van der Waals surface area contributed by atoms with E-state index in [1.165, 1.54) is 0 Å². The van der Waals surface area contributed by atoms with Gasteiger partial charge in [0.05, 0.1) is 13.3 Å². The van der Waals surface area contributed by atoms with Gasteiger partial charge in [0.1, 0.15) is 5.75 Å². The standard InChI is InChI=1S/C12H11O2P/c1-14-12-10(8-15-13)7-6-9-4-2-3-5-11(9)12/h2-7H,8H2,1H3. The van der Waals surface area contributed by atoms with Crippen molar-refractivity contribution in [1.82, 2.24) is 0 Å². The molecule has 0 atom stereocenters. The molecule has 0 fully saturated rings. The molecule has 0 bridgehead atoms. The second-order valence-corrected chi connectivity index (χ2v) is 3.84. The first-order valence-corrected chi connectivity index (χ1v) is 5.70. The highest BCUT2D eigenvalue weighted by molar-refractivity contribution is 7.22. The maximum absolute atomic E-state index is 10.6. The summed E-state index contributed by atoms with van der Waals surface area (Å²) < 4.78 is 16.0. The van der Waals surface area contributed by atoms with Crippen molar-refractivity contribution in [3.8, 4) is 5.75 Å². The van der Waals surface area contributed by atoms with Crippen molar-refractivity contribution < 1.29 is 9.30 Å². The average Bonchev–Trinajstić information content (AvgIpc) is 2.29. The highest BCUT2D eigenvalue weighted by Crippen LogP contribution is 2.31. The molecule has 2 rings (SSSR count). The van der Waals surface area contributed by atoms with Gasteiger partial charge in [0.25, 0.3) is 0 Å². The summed E-state index contributed by atoms with van der Waals surface area (Å²) in [5.74, 6) is 0.830. The van der Waals surface area contributed by atoms with Gasteiger partial charge in [0.2, 0.25) is 0 Å². The van der Waals surface area contributed by atoms with Crippen LogP contribution in [0.3, 0.4) is 0 Å². The minimum atomic E-state index is 0.119. The summed E-state index contributed by atoms with van der Waals surface area (Å²) in [5.41, 5.74) is 0.980. The van der Waals surface area contributed by atoms with Gasteiger partial charge in [-0.25, -0.2) is 0 Å². The lowest BCUT2D eigenvalue weighted by atomic mass is 10.1. The molecule has 0 radical (unpaired) electrons. The molecule has 15 heavy (non-hydrogen) atoms. The molecule has 0 saturated carbocycles. The van der Waals surface area contributed by atoms with E-state index in [4.69, 9.17) is 4.74 Å². The summed E-state index contributed by atoms with van der Waals surface area (Å²) in [4.78, 5) is 0. The highest BCUT2D eigenvalue weighted by atomic mass is 31.1. The van der Waals surface area contributed by atoms with E-state index < -0.39 is 0 Å². The van der Waals surface area contributed by atoms with Gasteiger partial charge in [-0.05, 0) is 5.39 Å². The Hall–Kier alpha value is -1.40. The van der Waals surface area contributed by atoms with Crippen LogP contribution in [0.1, 0.15) is 5.56 Å². The van der Waals surface area contributed by atoms with Gasteiger partial charge in [0, 0.05) is 10.9 Å². The van der Waals surface area contributed by atoms with Crippen LogP contribution in [-0.4, -0.2) is 7.11 Å². The second-order valence-electron chi connectivity index (χ2n) is 3.27. The van der Waals surface area contributed by atoms with Crippen LogP contribution in [0, 0.1) is 0 Å². The Morgan fingerprint density at radius 1 is 1.20 bits per heavy atom. The van der Waals surface area contributed by atoms with Gasteiger partial charge in [-0.1, -0.05) is 36.4 Å². The Bertz CT molecular complexity index is 494. The third kappa shape index (κ3) is 1.86. The zero-order valence-electron chi connectivity index (χ0n) is 8.43. The molecule has 76 valence electrons. The van der Waals surface area contributed by atoms with E-state index in [2.05, 4.69) is 0 Å². The van der Waals surface area contributed by atoms with Gasteiger partial charge >= 0.3 is 0 Å². The number of ether oxygens (including phenoxy) is 1. The Balaban J connectivity index is 2.69. The summed E-state index contributed by atoms with van der Waals surface area (Å²) in [6.07, 6.45) is 0.494. The van der Waals surface area contributed by atoms with Crippen LogP contribution in [0.15, 0.2) is 36.4 Å². The van der Waals surface area contributed by atoms with Crippen LogP contribution in [0.5, 0.6) is 5.75 Å². The zero-order valence-corrected chi connectivity index (χ0v) is 9.33. The molecule has 2 aromatic rings. The minimum absolute atomic E-state index is 0.119. The summed E-state index contributed by atoms with van der Waals surface area (Å²) in [6, 6.07) is 12.0. The minimum Gasteiger partial charge on any atom is -0.496 e. The number of methoxy groups -OCH3 is 1. The van der Waals surface area contributed by atoms with Crippen molar-refractivity contribution in [3.05, 3.63) is 42.0 Å². The Morgan fingerprint density at radius 3 is 2.73 bits per heavy atom. The molecule has 0 unspecified atom stereocenters. The Labute approximate surface area is 90.1 Å². The van der Waals surface area contributed by atoms with E-state index in [1.54, 1.807) is 7.11 Å². The van der Waals surface area contributed by atoms with Crippen LogP contribution in [0.25, 0.3) is 10.8 Å². The quantitative estimate of drug-likeness (QED) is 0.735. The molecule has 0 aliphatic rings. The maximum atomic E-state index is 10.6. The topological polar surface area (TPSA) is 26.3 Å². The first-order valence-electron chi connectivity index (χ1n) is 4.70. The largest absolute Gasteiger partial charge is 0.496 e. The second kappa shape index (κ2) is 4.41. The number of hydrogen-bond donors (Lipinski definition) is 0. The Morgan fingerprint density at radius 2 is 2.00 bits per heavy atom. The molecule has 0 saturated heterocycles. The van der Waals surface area contributed by atoms with Crippen LogP contribution in [0.4, 0.5) is 0 Å². The van der Waals surface area contributed by atoms with E-state index in [-0.39, 0.29) is 8.46 Å². The molecule has 0 aliphatic carbocycles. The molecule has 0 aliphatic heterocycles. The monoisotopic (exact) mass is 218 g/mol.